The first-order valence-electron chi connectivity index (χ1n) is 18.8. The lowest BCUT2D eigenvalue weighted by Crippen LogP contribution is -3.17. The zero-order chi connectivity index (χ0) is 35.6. The Morgan fingerprint density at radius 3 is 1.91 bits per heavy atom. The average Bonchev–Trinajstić information content (AvgIpc) is 3.77. The van der Waals surface area contributed by atoms with E-state index in [1.807, 2.05) is 6.07 Å². The van der Waals surface area contributed by atoms with Crippen molar-refractivity contribution in [2.24, 2.45) is 4.99 Å². The van der Waals surface area contributed by atoms with Crippen molar-refractivity contribution >= 4 is 55.3 Å². The van der Waals surface area contributed by atoms with Crippen LogP contribution in [-0.4, -0.2) is 10.4 Å². The second-order valence-corrected chi connectivity index (χ2v) is 14.4. The van der Waals surface area contributed by atoms with Gasteiger partial charge in [0.15, 0.2) is 0 Å². The number of hydrogen-bond acceptors (Lipinski definition) is 2. The summed E-state index contributed by atoms with van der Waals surface area (Å²) < 4.78 is 8.99. The van der Waals surface area contributed by atoms with Crippen molar-refractivity contribution in [2.45, 2.75) is 19.0 Å². The largest absolute Gasteiger partial charge is 0.455 e. The maximum atomic E-state index is 6.50. The van der Waals surface area contributed by atoms with Crippen molar-refractivity contribution in [3.05, 3.63) is 199 Å². The van der Waals surface area contributed by atoms with E-state index in [1.165, 1.54) is 60.4 Å². The maximum Gasteiger partial charge on any atom is 0.241 e. The fourth-order valence-corrected chi connectivity index (χ4v) is 8.68. The summed E-state index contributed by atoms with van der Waals surface area (Å²) in [6.45, 7) is 0. The van der Waals surface area contributed by atoms with Crippen LogP contribution in [0.4, 0.5) is 0 Å². The van der Waals surface area contributed by atoms with E-state index in [0.717, 1.165) is 51.7 Å². The Morgan fingerprint density at radius 2 is 1.17 bits per heavy atom. The highest BCUT2D eigenvalue weighted by molar-refractivity contribution is 6.14. The Morgan fingerprint density at radius 1 is 0.519 bits per heavy atom. The van der Waals surface area contributed by atoms with Gasteiger partial charge in [0, 0.05) is 44.8 Å². The quantitative estimate of drug-likeness (QED) is 0.185. The van der Waals surface area contributed by atoms with Crippen molar-refractivity contribution in [3.8, 4) is 22.3 Å². The van der Waals surface area contributed by atoms with E-state index in [-0.39, 0.29) is 6.17 Å². The van der Waals surface area contributed by atoms with E-state index in [9.17, 15) is 0 Å². The number of para-hydroxylation sites is 2. The zero-order valence-electron chi connectivity index (χ0n) is 29.6. The predicted molar refractivity (Wildman–Crippen MR) is 222 cm³/mol. The van der Waals surface area contributed by atoms with Gasteiger partial charge in [-0.1, -0.05) is 127 Å². The number of furan rings is 1. The van der Waals surface area contributed by atoms with Crippen LogP contribution in [0.5, 0.6) is 0 Å². The summed E-state index contributed by atoms with van der Waals surface area (Å²) in [4.78, 5) is 6.52. The van der Waals surface area contributed by atoms with Crippen molar-refractivity contribution in [1.29, 1.82) is 0 Å². The van der Waals surface area contributed by atoms with Gasteiger partial charge in [0.2, 0.25) is 12.0 Å². The molecule has 0 amide bonds. The SMILES string of the molecule is C1=C(n2c3ccc(-c4ccccc4)cc3c3cc(-c4cccc5c4oc4ccccc45)ccc32)CCC([NH+]2C(c3ccccc3)=NC2c2ccccc2)=C1. The van der Waals surface area contributed by atoms with E-state index < -0.39 is 0 Å². The fraction of sp³-hybridized carbons (Fsp3) is 0.0600. The van der Waals surface area contributed by atoms with Gasteiger partial charge in [-0.25, -0.2) is 4.90 Å². The van der Waals surface area contributed by atoms with Crippen LogP contribution in [0, 0.1) is 0 Å². The molecule has 9 aromatic rings. The van der Waals surface area contributed by atoms with Crippen LogP contribution in [-0.2, 0) is 0 Å². The Bertz CT molecular complexity index is 2990. The molecule has 54 heavy (non-hydrogen) atoms. The first-order valence-corrected chi connectivity index (χ1v) is 18.8. The van der Waals surface area contributed by atoms with Gasteiger partial charge in [-0.15, -0.1) is 0 Å². The van der Waals surface area contributed by atoms with Crippen LogP contribution < -0.4 is 4.90 Å². The highest BCUT2D eigenvalue weighted by Gasteiger charge is 2.42. The lowest BCUT2D eigenvalue weighted by molar-refractivity contribution is -0.822. The monoisotopic (exact) mass is 694 g/mol. The van der Waals surface area contributed by atoms with Crippen molar-refractivity contribution in [3.63, 3.8) is 0 Å². The minimum absolute atomic E-state index is 0.0573. The van der Waals surface area contributed by atoms with Gasteiger partial charge in [-0.3, -0.25) is 0 Å². The second kappa shape index (κ2) is 12.4. The molecule has 2 aromatic heterocycles. The normalized spacial score (nSPS) is 17.1. The number of allylic oxidation sites excluding steroid dienone is 4. The molecule has 1 aliphatic carbocycles. The van der Waals surface area contributed by atoms with E-state index in [2.05, 4.69) is 181 Å². The molecule has 0 saturated heterocycles. The summed E-state index contributed by atoms with van der Waals surface area (Å²) >= 11 is 0. The van der Waals surface area contributed by atoms with Crippen molar-refractivity contribution in [2.75, 3.05) is 0 Å². The van der Waals surface area contributed by atoms with Crippen LogP contribution in [0.25, 0.3) is 71.7 Å². The lowest BCUT2D eigenvalue weighted by atomic mass is 9.99. The first kappa shape index (κ1) is 30.8. The lowest BCUT2D eigenvalue weighted by Gasteiger charge is -2.36. The molecule has 0 radical (unpaired) electrons. The Labute approximate surface area is 313 Å². The maximum absolute atomic E-state index is 6.50. The minimum Gasteiger partial charge on any atom is -0.455 e. The van der Waals surface area contributed by atoms with Crippen LogP contribution >= 0.6 is 0 Å². The van der Waals surface area contributed by atoms with Gasteiger partial charge >= 0.3 is 0 Å². The Kier molecular flexibility index (Phi) is 7.10. The van der Waals surface area contributed by atoms with E-state index in [0.29, 0.717) is 0 Å². The number of fused-ring (bicyclic) bond motifs is 6. The van der Waals surface area contributed by atoms with Crippen molar-refractivity contribution in [1.82, 2.24) is 4.57 Å². The average molecular weight is 695 g/mol. The van der Waals surface area contributed by atoms with Gasteiger partial charge in [0.05, 0.1) is 16.6 Å². The number of aliphatic imine (C=N–C) groups is 1. The number of quaternary nitrogens is 1. The minimum atomic E-state index is 0.0573. The van der Waals surface area contributed by atoms with Crippen LogP contribution in [0.2, 0.25) is 0 Å². The summed E-state index contributed by atoms with van der Waals surface area (Å²) in [6, 6.07) is 60.7. The molecule has 2 atom stereocenters. The third-order valence-corrected chi connectivity index (χ3v) is 11.3. The number of amidine groups is 1. The molecule has 4 nitrogen and oxygen atoms in total. The van der Waals surface area contributed by atoms with E-state index in [1.54, 1.807) is 0 Å². The van der Waals surface area contributed by atoms with Crippen LogP contribution in [0.3, 0.4) is 0 Å². The number of rotatable bonds is 6. The van der Waals surface area contributed by atoms with Gasteiger partial charge in [-0.05, 0) is 77.7 Å². The first-order chi connectivity index (χ1) is 26.8. The number of hydrogen-bond donors (Lipinski definition) is 1. The summed E-state index contributed by atoms with van der Waals surface area (Å²) in [5.41, 5.74) is 14.1. The number of nitrogens with one attached hydrogen (secondary N) is 1. The molecule has 0 bridgehead atoms. The molecule has 11 rings (SSSR count). The van der Waals surface area contributed by atoms with Gasteiger partial charge in [0.1, 0.15) is 16.9 Å². The van der Waals surface area contributed by atoms with Crippen LogP contribution in [0.1, 0.15) is 30.1 Å². The predicted octanol–water partition coefficient (Wildman–Crippen LogP) is 11.6. The van der Waals surface area contributed by atoms with Crippen LogP contribution in [0.15, 0.2) is 197 Å². The van der Waals surface area contributed by atoms with Gasteiger partial charge < -0.3 is 8.98 Å². The molecule has 3 heterocycles. The molecule has 2 unspecified atom stereocenters. The standard InChI is InChI=1S/C50H35N3O/c1-4-13-33(14-5-1)36-23-29-45-43(31-36)44-32-37(40-20-12-21-42-41-19-10-11-22-47(41)54-48(40)42)24-30-46(44)52(45)38-25-27-39(28-26-38)53-49(34-15-6-2-7-16-34)51-50(53)35-17-8-3-9-18-35/h1-25,27,29-32,49H,26,28H2/p+1. The summed E-state index contributed by atoms with van der Waals surface area (Å²) in [6.07, 6.45) is 6.64. The topological polar surface area (TPSA) is 34.9 Å². The smallest absolute Gasteiger partial charge is 0.241 e. The molecule has 0 spiro atoms. The Balaban J connectivity index is 1.06. The second-order valence-electron chi connectivity index (χ2n) is 14.4. The van der Waals surface area contributed by atoms with E-state index >= 15 is 0 Å². The molecule has 7 aromatic carbocycles. The van der Waals surface area contributed by atoms with E-state index in [4.69, 9.17) is 9.41 Å². The molecular formula is C50H36N3O+. The molecule has 1 N–H and O–H groups in total. The number of aromatic nitrogens is 1. The summed E-state index contributed by atoms with van der Waals surface area (Å²) in [5.74, 6) is 1.12. The molecular weight excluding hydrogens is 659 g/mol. The molecule has 4 heteroatoms. The molecule has 1 aliphatic heterocycles. The molecule has 0 saturated carbocycles. The third kappa shape index (κ3) is 4.92. The van der Waals surface area contributed by atoms with Crippen molar-refractivity contribution < 1.29 is 9.32 Å². The zero-order valence-corrected chi connectivity index (χ0v) is 29.6. The number of nitrogens with zero attached hydrogens (tertiary/aromatic N) is 2. The highest BCUT2D eigenvalue weighted by atomic mass is 16.3. The summed E-state index contributed by atoms with van der Waals surface area (Å²) in [5, 5.41) is 4.77. The summed E-state index contributed by atoms with van der Waals surface area (Å²) in [7, 11) is 0. The number of benzene rings is 7. The highest BCUT2D eigenvalue weighted by Crippen LogP contribution is 2.41. The molecule has 0 fully saturated rings. The molecule has 2 aliphatic rings. The van der Waals surface area contributed by atoms with Gasteiger partial charge in [0.25, 0.3) is 0 Å². The molecule has 256 valence electrons. The van der Waals surface area contributed by atoms with Gasteiger partial charge in [-0.2, -0.15) is 4.99 Å². The Hall–Kier alpha value is -6.75. The fourth-order valence-electron chi connectivity index (χ4n) is 8.68. The third-order valence-electron chi connectivity index (χ3n) is 11.3.